The molecule has 2 saturated heterocycles. The molecular formula is C25H30N4O3. The molecule has 3 fully saturated rings. The highest BCUT2D eigenvalue weighted by Gasteiger charge is 2.57. The number of hydrogen-bond acceptors (Lipinski definition) is 5. The molecule has 0 bridgehead atoms. The molecule has 1 N–H and O–H groups in total. The quantitative estimate of drug-likeness (QED) is 0.723. The maximum atomic E-state index is 13.1. The Morgan fingerprint density at radius 1 is 1.12 bits per heavy atom. The summed E-state index contributed by atoms with van der Waals surface area (Å²) in [7, 11) is 1.55. The van der Waals surface area contributed by atoms with Gasteiger partial charge in [-0.05, 0) is 30.4 Å². The van der Waals surface area contributed by atoms with E-state index in [1.165, 1.54) is 18.4 Å². The zero-order valence-corrected chi connectivity index (χ0v) is 18.5. The van der Waals surface area contributed by atoms with Crippen LogP contribution >= 0.6 is 0 Å². The van der Waals surface area contributed by atoms with E-state index in [0.717, 1.165) is 26.2 Å². The van der Waals surface area contributed by atoms with Gasteiger partial charge in [-0.3, -0.25) is 14.5 Å². The minimum atomic E-state index is -0.183. The molecule has 1 atom stereocenters. The fraction of sp³-hybridized carbons (Fsp3) is 0.480. The summed E-state index contributed by atoms with van der Waals surface area (Å²) >= 11 is 0. The Bertz CT molecular complexity index is 968. The van der Waals surface area contributed by atoms with Gasteiger partial charge in [0.05, 0.1) is 18.6 Å². The third-order valence-corrected chi connectivity index (χ3v) is 7.04. The maximum absolute atomic E-state index is 13.1. The third kappa shape index (κ3) is 4.21. The van der Waals surface area contributed by atoms with Crippen LogP contribution in [-0.2, 0) is 11.3 Å². The largest absolute Gasteiger partial charge is 0.481 e. The summed E-state index contributed by atoms with van der Waals surface area (Å²) in [5.74, 6) is 1.15. The molecule has 1 spiro atoms. The molecule has 2 aliphatic heterocycles. The first-order chi connectivity index (χ1) is 15.6. The van der Waals surface area contributed by atoms with E-state index in [0.29, 0.717) is 30.5 Å². The number of hydrogen-bond donors (Lipinski definition) is 1. The number of aromatic nitrogens is 1. The highest BCUT2D eigenvalue weighted by atomic mass is 16.5. The average molecular weight is 435 g/mol. The molecule has 3 heterocycles. The molecule has 3 aliphatic rings. The highest BCUT2D eigenvalue weighted by molar-refractivity contribution is 5.95. The van der Waals surface area contributed by atoms with Gasteiger partial charge in [-0.15, -0.1) is 0 Å². The first kappa shape index (κ1) is 20.9. The Morgan fingerprint density at radius 3 is 2.56 bits per heavy atom. The summed E-state index contributed by atoms with van der Waals surface area (Å²) in [5.41, 5.74) is 1.62. The van der Waals surface area contributed by atoms with Gasteiger partial charge < -0.3 is 15.0 Å². The van der Waals surface area contributed by atoms with Crippen LogP contribution in [0.5, 0.6) is 5.88 Å². The topological polar surface area (TPSA) is 74.8 Å². The summed E-state index contributed by atoms with van der Waals surface area (Å²) in [6.07, 6.45) is 3.99. The fourth-order valence-corrected chi connectivity index (χ4v) is 5.07. The lowest BCUT2D eigenvalue weighted by molar-refractivity contribution is -0.131. The fourth-order valence-electron chi connectivity index (χ4n) is 5.07. The minimum Gasteiger partial charge on any atom is -0.481 e. The van der Waals surface area contributed by atoms with Gasteiger partial charge in [0, 0.05) is 56.9 Å². The molecule has 32 heavy (non-hydrogen) atoms. The van der Waals surface area contributed by atoms with Gasteiger partial charge in [-0.25, -0.2) is 4.98 Å². The summed E-state index contributed by atoms with van der Waals surface area (Å²) in [6.45, 7) is 4.37. The standard InChI is InChI=1S/C25H30N4O3/c1-32-22-10-9-20(12-26-22)24(31)29-16-25(17-29)15-28(13-19-5-3-2-4-6-19)14-21(25)23(30)27-11-18-7-8-18/h2-6,9-10,12,18,21H,7-8,11,13-17H2,1H3,(H,27,30). The van der Waals surface area contributed by atoms with E-state index in [1.54, 1.807) is 25.4 Å². The van der Waals surface area contributed by atoms with Crippen molar-refractivity contribution in [2.75, 3.05) is 39.8 Å². The Balaban J connectivity index is 1.28. The predicted octanol–water partition coefficient (Wildman–Crippen LogP) is 2.19. The lowest BCUT2D eigenvalue weighted by atomic mass is 9.71. The van der Waals surface area contributed by atoms with Crippen LogP contribution < -0.4 is 10.1 Å². The molecular weight excluding hydrogens is 404 g/mol. The molecule has 7 heteroatoms. The zero-order valence-electron chi connectivity index (χ0n) is 18.5. The first-order valence-corrected chi connectivity index (χ1v) is 11.4. The molecule has 1 saturated carbocycles. The monoisotopic (exact) mass is 434 g/mol. The lowest BCUT2D eigenvalue weighted by Gasteiger charge is -2.50. The van der Waals surface area contributed by atoms with Crippen molar-refractivity contribution in [3.63, 3.8) is 0 Å². The molecule has 168 valence electrons. The first-order valence-electron chi connectivity index (χ1n) is 11.4. The number of methoxy groups -OCH3 is 1. The Kier molecular flexibility index (Phi) is 5.59. The molecule has 1 aromatic carbocycles. The highest BCUT2D eigenvalue weighted by Crippen LogP contribution is 2.45. The van der Waals surface area contributed by atoms with Gasteiger partial charge in [-0.1, -0.05) is 30.3 Å². The molecule has 2 amide bonds. The van der Waals surface area contributed by atoms with Gasteiger partial charge in [0.15, 0.2) is 0 Å². The van der Waals surface area contributed by atoms with Crippen molar-refractivity contribution < 1.29 is 14.3 Å². The number of benzene rings is 1. The van der Waals surface area contributed by atoms with Crippen molar-refractivity contribution in [2.45, 2.75) is 19.4 Å². The number of pyridine rings is 1. The summed E-state index contributed by atoms with van der Waals surface area (Å²) in [5, 5.41) is 3.19. The minimum absolute atomic E-state index is 0.0376. The van der Waals surface area contributed by atoms with Gasteiger partial charge in [-0.2, -0.15) is 0 Å². The van der Waals surface area contributed by atoms with E-state index in [4.69, 9.17) is 4.74 Å². The second kappa shape index (κ2) is 8.54. The SMILES string of the molecule is COc1ccc(C(=O)N2CC3(CN(Cc4ccccc4)CC3C(=O)NCC3CC3)C2)cn1. The van der Waals surface area contributed by atoms with Crippen LogP contribution in [0.3, 0.4) is 0 Å². The van der Waals surface area contributed by atoms with Crippen molar-refractivity contribution in [1.82, 2.24) is 20.1 Å². The van der Waals surface area contributed by atoms with Crippen LogP contribution in [0.25, 0.3) is 0 Å². The van der Waals surface area contributed by atoms with Crippen LogP contribution in [0.15, 0.2) is 48.7 Å². The van der Waals surface area contributed by atoms with Gasteiger partial charge in [0.25, 0.3) is 5.91 Å². The van der Waals surface area contributed by atoms with E-state index >= 15 is 0 Å². The van der Waals surface area contributed by atoms with Gasteiger partial charge in [0.2, 0.25) is 11.8 Å². The van der Waals surface area contributed by atoms with Crippen molar-refractivity contribution >= 4 is 11.8 Å². The number of nitrogens with one attached hydrogen (secondary N) is 1. The number of carbonyl (C=O) groups excluding carboxylic acids is 2. The molecule has 5 rings (SSSR count). The summed E-state index contributed by atoms with van der Waals surface area (Å²) in [4.78, 5) is 34.5. The maximum Gasteiger partial charge on any atom is 0.255 e. The molecule has 7 nitrogen and oxygen atoms in total. The smallest absolute Gasteiger partial charge is 0.255 e. The van der Waals surface area contributed by atoms with Crippen LogP contribution in [-0.4, -0.2) is 66.4 Å². The second-order valence-corrected chi connectivity index (χ2v) is 9.51. The number of ether oxygens (including phenoxy) is 1. The Morgan fingerprint density at radius 2 is 1.91 bits per heavy atom. The van der Waals surface area contributed by atoms with Crippen LogP contribution in [0.4, 0.5) is 0 Å². The molecule has 2 aromatic rings. The average Bonchev–Trinajstić information content (AvgIpc) is 3.55. The number of nitrogens with zero attached hydrogens (tertiary/aromatic N) is 3. The zero-order chi connectivity index (χ0) is 22.1. The molecule has 0 radical (unpaired) electrons. The van der Waals surface area contributed by atoms with Crippen LogP contribution in [0, 0.1) is 17.3 Å². The van der Waals surface area contributed by atoms with E-state index in [2.05, 4.69) is 27.3 Å². The number of likely N-dealkylation sites (tertiary alicyclic amines) is 2. The predicted molar refractivity (Wildman–Crippen MR) is 120 cm³/mol. The van der Waals surface area contributed by atoms with Crippen molar-refractivity contribution in [2.24, 2.45) is 17.3 Å². The molecule has 1 unspecified atom stereocenters. The van der Waals surface area contributed by atoms with Crippen LogP contribution in [0.1, 0.15) is 28.8 Å². The summed E-state index contributed by atoms with van der Waals surface area (Å²) in [6, 6.07) is 13.8. The Hall–Kier alpha value is -2.93. The normalized spacial score (nSPS) is 21.9. The summed E-state index contributed by atoms with van der Waals surface area (Å²) < 4.78 is 5.09. The van der Waals surface area contributed by atoms with Gasteiger partial charge >= 0.3 is 0 Å². The van der Waals surface area contributed by atoms with Crippen molar-refractivity contribution in [1.29, 1.82) is 0 Å². The van der Waals surface area contributed by atoms with Crippen molar-refractivity contribution in [3.05, 3.63) is 59.8 Å². The van der Waals surface area contributed by atoms with E-state index in [1.807, 2.05) is 23.1 Å². The van der Waals surface area contributed by atoms with E-state index in [-0.39, 0.29) is 23.1 Å². The second-order valence-electron chi connectivity index (χ2n) is 9.51. The number of amides is 2. The molecule has 1 aliphatic carbocycles. The van der Waals surface area contributed by atoms with Crippen molar-refractivity contribution in [3.8, 4) is 5.88 Å². The Labute approximate surface area is 188 Å². The van der Waals surface area contributed by atoms with Gasteiger partial charge in [0.1, 0.15) is 0 Å². The molecule has 1 aromatic heterocycles. The van der Waals surface area contributed by atoms with E-state index < -0.39 is 0 Å². The van der Waals surface area contributed by atoms with E-state index in [9.17, 15) is 9.59 Å². The third-order valence-electron chi connectivity index (χ3n) is 7.04. The number of rotatable bonds is 7. The number of carbonyl (C=O) groups is 2. The van der Waals surface area contributed by atoms with Crippen LogP contribution in [0.2, 0.25) is 0 Å². The lowest BCUT2D eigenvalue weighted by Crippen LogP contribution is -2.64.